The number of carboxylic acid groups (broad SMARTS) is 1. The van der Waals surface area contributed by atoms with Gasteiger partial charge in [0.25, 0.3) is 5.91 Å². The van der Waals surface area contributed by atoms with E-state index in [0.29, 0.717) is 23.6 Å². The second kappa shape index (κ2) is 9.37. The first-order chi connectivity index (χ1) is 16.2. The second-order valence-corrected chi connectivity index (χ2v) is 7.44. The molecule has 0 radical (unpaired) electrons. The number of anilines is 1. The number of halogens is 6. The Morgan fingerprint density at radius 1 is 1.20 bits per heavy atom. The maximum atomic E-state index is 15.0. The third-order valence-electron chi connectivity index (χ3n) is 4.66. The summed E-state index contributed by atoms with van der Waals surface area (Å²) in [5.41, 5.74) is -3.27. The van der Waals surface area contributed by atoms with Crippen LogP contribution >= 0.6 is 11.6 Å². The fourth-order valence-electron chi connectivity index (χ4n) is 2.82. The van der Waals surface area contributed by atoms with Crippen LogP contribution in [0.3, 0.4) is 0 Å². The standard InChI is InChI=1S/C20H14ClF5N4O5/c1-8(20(24,25)26)35-14-7-13(30-19(34)29(2)16(28-30)18(32)33)12(23)6-9(14)17(31)27-15-10(21)4-3-5-11(15)22/h3-8H,1-2H3,(H,27,31)(H,32,33). The Labute approximate surface area is 197 Å². The van der Waals surface area contributed by atoms with Gasteiger partial charge in [-0.3, -0.25) is 9.36 Å². The van der Waals surface area contributed by atoms with E-state index in [2.05, 4.69) is 5.10 Å². The van der Waals surface area contributed by atoms with E-state index in [1.54, 1.807) is 0 Å². The summed E-state index contributed by atoms with van der Waals surface area (Å²) < 4.78 is 74.1. The number of rotatable bonds is 6. The number of nitrogens with zero attached hydrogens (tertiary/aromatic N) is 3. The summed E-state index contributed by atoms with van der Waals surface area (Å²) in [5, 5.41) is 14.4. The smallest absolute Gasteiger partial charge is 0.425 e. The van der Waals surface area contributed by atoms with E-state index in [1.807, 2.05) is 5.32 Å². The molecule has 0 aliphatic rings. The van der Waals surface area contributed by atoms with Gasteiger partial charge >= 0.3 is 17.8 Å². The van der Waals surface area contributed by atoms with Gasteiger partial charge < -0.3 is 15.2 Å². The summed E-state index contributed by atoms with van der Waals surface area (Å²) in [6.45, 7) is 0.605. The largest absolute Gasteiger partial charge is 0.480 e. The average Bonchev–Trinajstić information content (AvgIpc) is 3.05. The maximum Gasteiger partial charge on any atom is 0.425 e. The quantitative estimate of drug-likeness (QED) is 0.478. The van der Waals surface area contributed by atoms with Gasteiger partial charge in [-0.1, -0.05) is 17.7 Å². The number of benzene rings is 2. The number of ether oxygens (including phenoxy) is 1. The van der Waals surface area contributed by atoms with Gasteiger partial charge in [-0.2, -0.15) is 17.9 Å². The predicted molar refractivity (Wildman–Crippen MR) is 111 cm³/mol. The number of carbonyl (C=O) groups excluding carboxylic acids is 1. The van der Waals surface area contributed by atoms with Crippen molar-refractivity contribution < 1.29 is 41.4 Å². The highest BCUT2D eigenvalue weighted by molar-refractivity contribution is 6.34. The monoisotopic (exact) mass is 520 g/mol. The number of para-hydroxylation sites is 1. The van der Waals surface area contributed by atoms with Gasteiger partial charge in [0, 0.05) is 13.1 Å². The van der Waals surface area contributed by atoms with Gasteiger partial charge in [-0.25, -0.2) is 18.4 Å². The fraction of sp³-hybridized carbons (Fsp3) is 0.200. The Kier molecular flexibility index (Phi) is 6.87. The zero-order chi connectivity index (χ0) is 26.2. The van der Waals surface area contributed by atoms with Gasteiger partial charge in [-0.15, -0.1) is 5.10 Å². The molecule has 0 aliphatic heterocycles. The van der Waals surface area contributed by atoms with E-state index >= 15 is 0 Å². The van der Waals surface area contributed by atoms with Crippen molar-refractivity contribution >= 4 is 29.2 Å². The van der Waals surface area contributed by atoms with E-state index < -0.39 is 70.0 Å². The summed E-state index contributed by atoms with van der Waals surface area (Å²) in [6.07, 6.45) is -7.41. The molecule has 3 rings (SSSR count). The molecule has 0 saturated heterocycles. The van der Waals surface area contributed by atoms with Gasteiger partial charge in [0.05, 0.1) is 16.3 Å². The normalized spacial score (nSPS) is 12.3. The zero-order valence-corrected chi connectivity index (χ0v) is 18.4. The van der Waals surface area contributed by atoms with Crippen LogP contribution in [0.1, 0.15) is 27.9 Å². The predicted octanol–water partition coefficient (Wildman–Crippen LogP) is 3.78. The van der Waals surface area contributed by atoms with Crippen molar-refractivity contribution in [1.82, 2.24) is 14.3 Å². The molecule has 1 aromatic heterocycles. The molecule has 2 N–H and O–H groups in total. The van der Waals surface area contributed by atoms with E-state index in [-0.39, 0.29) is 9.70 Å². The lowest BCUT2D eigenvalue weighted by Gasteiger charge is -2.20. The fourth-order valence-corrected chi connectivity index (χ4v) is 3.03. The molecule has 1 atom stereocenters. The van der Waals surface area contributed by atoms with Crippen LogP contribution in [0.15, 0.2) is 35.1 Å². The number of amides is 1. The highest BCUT2D eigenvalue weighted by Crippen LogP contribution is 2.32. The third-order valence-corrected chi connectivity index (χ3v) is 4.97. The van der Waals surface area contributed by atoms with Gasteiger partial charge in [-0.05, 0) is 25.1 Å². The maximum absolute atomic E-state index is 15.0. The molecule has 15 heteroatoms. The first-order valence-electron chi connectivity index (χ1n) is 9.44. The van der Waals surface area contributed by atoms with Gasteiger partial charge in [0.2, 0.25) is 5.82 Å². The van der Waals surface area contributed by atoms with Crippen molar-refractivity contribution in [2.75, 3.05) is 5.32 Å². The van der Waals surface area contributed by atoms with Crippen LogP contribution in [0.5, 0.6) is 5.75 Å². The van der Waals surface area contributed by atoms with Crippen LogP contribution in [0, 0.1) is 11.6 Å². The van der Waals surface area contributed by atoms with Crippen molar-refractivity contribution in [3.05, 3.63) is 68.9 Å². The number of nitrogens with one attached hydrogen (secondary N) is 1. The Morgan fingerprint density at radius 3 is 2.40 bits per heavy atom. The summed E-state index contributed by atoms with van der Waals surface area (Å²) >= 11 is 5.84. The molecule has 3 aromatic rings. The molecule has 0 spiro atoms. The molecule has 0 aliphatic carbocycles. The van der Waals surface area contributed by atoms with E-state index in [9.17, 15) is 36.3 Å². The first-order valence-corrected chi connectivity index (χ1v) is 9.82. The number of aromatic nitrogens is 3. The minimum atomic E-state index is -4.91. The lowest BCUT2D eigenvalue weighted by Crippen LogP contribution is -2.32. The van der Waals surface area contributed by atoms with Crippen molar-refractivity contribution in [2.24, 2.45) is 7.05 Å². The average molecular weight is 521 g/mol. The molecule has 186 valence electrons. The van der Waals surface area contributed by atoms with Crippen molar-refractivity contribution in [2.45, 2.75) is 19.2 Å². The summed E-state index contributed by atoms with van der Waals surface area (Å²) in [4.78, 5) is 36.3. The van der Waals surface area contributed by atoms with E-state index in [0.717, 1.165) is 13.1 Å². The van der Waals surface area contributed by atoms with Crippen molar-refractivity contribution in [3.8, 4) is 11.4 Å². The molecule has 0 fully saturated rings. The number of aromatic carboxylic acids is 1. The highest BCUT2D eigenvalue weighted by Gasteiger charge is 2.39. The summed E-state index contributed by atoms with van der Waals surface area (Å²) in [6, 6.07) is 4.40. The Balaban J connectivity index is 2.17. The molecule has 1 amide bonds. The molecule has 2 aromatic carbocycles. The molecule has 1 unspecified atom stereocenters. The number of carboxylic acids is 1. The Morgan fingerprint density at radius 2 is 1.86 bits per heavy atom. The molecule has 9 nitrogen and oxygen atoms in total. The van der Waals surface area contributed by atoms with Crippen LogP contribution in [-0.4, -0.2) is 43.6 Å². The van der Waals surface area contributed by atoms with Crippen LogP contribution in [0.2, 0.25) is 5.02 Å². The second-order valence-electron chi connectivity index (χ2n) is 7.03. The molecule has 0 bridgehead atoms. The van der Waals surface area contributed by atoms with Gasteiger partial charge in [0.15, 0.2) is 6.10 Å². The molecular weight excluding hydrogens is 507 g/mol. The zero-order valence-electron chi connectivity index (χ0n) is 17.7. The van der Waals surface area contributed by atoms with Crippen LogP contribution in [0.4, 0.5) is 27.6 Å². The number of alkyl halides is 3. The molecule has 0 saturated carbocycles. The number of carbonyl (C=O) groups is 2. The Hall–Kier alpha value is -3.94. The van der Waals surface area contributed by atoms with Crippen molar-refractivity contribution in [3.63, 3.8) is 0 Å². The van der Waals surface area contributed by atoms with E-state index in [4.69, 9.17) is 21.4 Å². The highest BCUT2D eigenvalue weighted by atomic mass is 35.5. The summed E-state index contributed by atoms with van der Waals surface area (Å²) in [5.74, 6) is -6.90. The van der Waals surface area contributed by atoms with Crippen molar-refractivity contribution in [1.29, 1.82) is 0 Å². The van der Waals surface area contributed by atoms with Gasteiger partial charge in [0.1, 0.15) is 23.1 Å². The number of hydrogen-bond acceptors (Lipinski definition) is 5. The van der Waals surface area contributed by atoms with Crippen LogP contribution < -0.4 is 15.7 Å². The lowest BCUT2D eigenvalue weighted by molar-refractivity contribution is -0.189. The Bertz CT molecular complexity index is 1370. The topological polar surface area (TPSA) is 115 Å². The van der Waals surface area contributed by atoms with Crippen LogP contribution in [0.25, 0.3) is 5.69 Å². The van der Waals surface area contributed by atoms with Crippen LogP contribution in [-0.2, 0) is 7.05 Å². The molecule has 1 heterocycles. The SMILES string of the molecule is CC(Oc1cc(-n2nc(C(=O)O)n(C)c2=O)c(F)cc1C(=O)Nc1c(F)cccc1Cl)C(F)(F)F. The summed E-state index contributed by atoms with van der Waals surface area (Å²) in [7, 11) is 1.02. The third kappa shape index (κ3) is 5.11. The minimum Gasteiger partial charge on any atom is -0.480 e. The van der Waals surface area contributed by atoms with E-state index in [1.165, 1.54) is 12.1 Å². The first kappa shape index (κ1) is 25.7. The molecule has 35 heavy (non-hydrogen) atoms. The number of hydrogen-bond donors (Lipinski definition) is 2. The molecular formula is C20H14ClF5N4O5. The lowest BCUT2D eigenvalue weighted by atomic mass is 10.1. The minimum absolute atomic E-state index is 0.247.